The lowest BCUT2D eigenvalue weighted by Crippen LogP contribution is -2.00. The van der Waals surface area contributed by atoms with E-state index in [0.29, 0.717) is 0 Å². The van der Waals surface area contributed by atoms with Gasteiger partial charge < -0.3 is 5.32 Å². The van der Waals surface area contributed by atoms with Crippen molar-refractivity contribution >= 4 is 11.5 Å². The molecule has 0 bridgehead atoms. The van der Waals surface area contributed by atoms with E-state index >= 15 is 0 Å². The van der Waals surface area contributed by atoms with E-state index in [0.717, 1.165) is 24.3 Å². The normalized spacial score (nSPS) is 13.5. The molecule has 0 unspecified atom stereocenters. The Morgan fingerprint density at radius 1 is 1.00 bits per heavy atom. The number of hydrogen-bond acceptors (Lipinski definition) is 3. The second-order valence-corrected chi connectivity index (χ2v) is 3.99. The van der Waals surface area contributed by atoms with Gasteiger partial charge in [0.2, 0.25) is 0 Å². The second kappa shape index (κ2) is 3.93. The first-order valence-corrected chi connectivity index (χ1v) is 5.58. The van der Waals surface area contributed by atoms with Gasteiger partial charge in [0.05, 0.1) is 0 Å². The highest BCUT2D eigenvalue weighted by Crippen LogP contribution is 2.27. The maximum absolute atomic E-state index is 4.32. The lowest BCUT2D eigenvalue weighted by molar-refractivity contribution is 0.899. The molecule has 80 valence electrons. The quantitative estimate of drug-likeness (QED) is 0.830. The van der Waals surface area contributed by atoms with Gasteiger partial charge in [0.1, 0.15) is 12.1 Å². The second-order valence-electron chi connectivity index (χ2n) is 3.99. The number of hydrogen-bond donors (Lipinski definition) is 1. The maximum Gasteiger partial charge on any atom is 0.137 e. The van der Waals surface area contributed by atoms with E-state index in [2.05, 4.69) is 15.3 Å². The minimum atomic E-state index is 0.966. The van der Waals surface area contributed by atoms with E-state index < -0.39 is 0 Å². The lowest BCUT2D eigenvalue weighted by Gasteiger charge is -2.08. The molecule has 16 heavy (non-hydrogen) atoms. The molecule has 3 heteroatoms. The highest BCUT2D eigenvalue weighted by Gasteiger charge is 2.16. The average molecular weight is 211 g/mol. The van der Waals surface area contributed by atoms with Crippen molar-refractivity contribution in [3.8, 4) is 0 Å². The number of anilines is 2. The summed E-state index contributed by atoms with van der Waals surface area (Å²) in [5.41, 5.74) is 3.56. The first-order valence-electron chi connectivity index (χ1n) is 5.58. The highest BCUT2D eigenvalue weighted by atomic mass is 15.0. The number of aromatic nitrogens is 2. The first-order chi connectivity index (χ1) is 7.93. The van der Waals surface area contributed by atoms with E-state index in [4.69, 9.17) is 0 Å². The SMILES string of the molecule is c1ccc(Nc2ncnc3c2CCC3)cc1. The van der Waals surface area contributed by atoms with Crippen molar-refractivity contribution in [3.05, 3.63) is 47.9 Å². The van der Waals surface area contributed by atoms with Crippen molar-refractivity contribution in [2.24, 2.45) is 0 Å². The zero-order chi connectivity index (χ0) is 10.8. The van der Waals surface area contributed by atoms with Crippen LogP contribution in [-0.4, -0.2) is 9.97 Å². The molecule has 0 amide bonds. The minimum Gasteiger partial charge on any atom is -0.340 e. The molecule has 0 saturated carbocycles. The molecule has 1 N–H and O–H groups in total. The molecule has 1 aromatic carbocycles. The van der Waals surface area contributed by atoms with Crippen molar-refractivity contribution < 1.29 is 0 Å². The Bertz CT molecular complexity index is 494. The first kappa shape index (κ1) is 9.33. The van der Waals surface area contributed by atoms with Crippen LogP contribution < -0.4 is 5.32 Å². The summed E-state index contributed by atoms with van der Waals surface area (Å²) in [6.45, 7) is 0. The van der Waals surface area contributed by atoms with E-state index in [9.17, 15) is 0 Å². The fourth-order valence-corrected chi connectivity index (χ4v) is 2.13. The standard InChI is InChI=1S/C13H13N3/c1-2-5-10(6-3-1)16-13-11-7-4-8-12(11)14-9-15-13/h1-3,5-6,9H,4,7-8H2,(H,14,15,16). The van der Waals surface area contributed by atoms with Crippen LogP contribution in [0.2, 0.25) is 0 Å². The Morgan fingerprint density at radius 3 is 2.75 bits per heavy atom. The van der Waals surface area contributed by atoms with Gasteiger partial charge >= 0.3 is 0 Å². The molecule has 3 nitrogen and oxygen atoms in total. The molecule has 3 rings (SSSR count). The summed E-state index contributed by atoms with van der Waals surface area (Å²) in [6, 6.07) is 10.1. The molecule has 0 atom stereocenters. The van der Waals surface area contributed by atoms with E-state index in [-0.39, 0.29) is 0 Å². The lowest BCUT2D eigenvalue weighted by atomic mass is 10.2. The smallest absolute Gasteiger partial charge is 0.137 e. The molecule has 0 saturated heterocycles. The summed E-state index contributed by atoms with van der Waals surface area (Å²) < 4.78 is 0. The van der Waals surface area contributed by atoms with Crippen LogP contribution in [0.4, 0.5) is 11.5 Å². The van der Waals surface area contributed by atoms with E-state index in [1.54, 1.807) is 6.33 Å². The van der Waals surface area contributed by atoms with Gasteiger partial charge in [-0.2, -0.15) is 0 Å². The summed E-state index contributed by atoms with van der Waals surface area (Å²) >= 11 is 0. The van der Waals surface area contributed by atoms with Crippen molar-refractivity contribution in [2.45, 2.75) is 19.3 Å². The van der Waals surface area contributed by atoms with Crippen LogP contribution >= 0.6 is 0 Å². The van der Waals surface area contributed by atoms with Gasteiger partial charge in [0.25, 0.3) is 0 Å². The zero-order valence-electron chi connectivity index (χ0n) is 8.98. The fraction of sp³-hybridized carbons (Fsp3) is 0.231. The Balaban J connectivity index is 1.94. The summed E-state index contributed by atoms with van der Waals surface area (Å²) in [7, 11) is 0. The molecule has 1 aliphatic rings. The van der Waals surface area contributed by atoms with Crippen LogP contribution in [0.25, 0.3) is 0 Å². The van der Waals surface area contributed by atoms with Crippen LogP contribution in [0.15, 0.2) is 36.7 Å². The number of benzene rings is 1. The molecular weight excluding hydrogens is 198 g/mol. The summed E-state index contributed by atoms with van der Waals surface area (Å²) in [5, 5.41) is 3.35. The third-order valence-electron chi connectivity index (χ3n) is 2.91. The van der Waals surface area contributed by atoms with Gasteiger partial charge in [0, 0.05) is 16.9 Å². The third kappa shape index (κ3) is 1.65. The van der Waals surface area contributed by atoms with E-state index in [1.165, 1.54) is 17.7 Å². The number of nitrogens with zero attached hydrogens (tertiary/aromatic N) is 2. The molecule has 1 aliphatic carbocycles. The summed E-state index contributed by atoms with van der Waals surface area (Å²) in [6.07, 6.45) is 5.01. The Morgan fingerprint density at radius 2 is 1.88 bits per heavy atom. The van der Waals surface area contributed by atoms with E-state index in [1.807, 2.05) is 30.3 Å². The summed E-state index contributed by atoms with van der Waals surface area (Å²) in [4.78, 5) is 8.63. The predicted molar refractivity (Wildman–Crippen MR) is 63.8 cm³/mol. The number of rotatable bonds is 2. The van der Waals surface area contributed by atoms with Crippen molar-refractivity contribution in [1.82, 2.24) is 9.97 Å². The van der Waals surface area contributed by atoms with Gasteiger partial charge in [-0.05, 0) is 31.4 Å². The van der Waals surface area contributed by atoms with Crippen LogP contribution in [0.3, 0.4) is 0 Å². The average Bonchev–Trinajstić information content (AvgIpc) is 2.80. The topological polar surface area (TPSA) is 37.8 Å². The number of fused-ring (bicyclic) bond motifs is 1. The molecular formula is C13H13N3. The predicted octanol–water partition coefficient (Wildman–Crippen LogP) is 2.71. The number of nitrogens with one attached hydrogen (secondary N) is 1. The Hall–Kier alpha value is -1.90. The van der Waals surface area contributed by atoms with Gasteiger partial charge in [-0.1, -0.05) is 18.2 Å². The Kier molecular flexibility index (Phi) is 2.29. The largest absolute Gasteiger partial charge is 0.340 e. The molecule has 1 heterocycles. The van der Waals surface area contributed by atoms with Crippen molar-refractivity contribution in [1.29, 1.82) is 0 Å². The fourth-order valence-electron chi connectivity index (χ4n) is 2.13. The minimum absolute atomic E-state index is 0.966. The van der Waals surface area contributed by atoms with Crippen molar-refractivity contribution in [3.63, 3.8) is 0 Å². The molecule has 0 spiro atoms. The molecule has 1 aromatic heterocycles. The van der Waals surface area contributed by atoms with Gasteiger partial charge in [-0.15, -0.1) is 0 Å². The third-order valence-corrected chi connectivity index (χ3v) is 2.91. The monoisotopic (exact) mass is 211 g/mol. The molecule has 0 radical (unpaired) electrons. The zero-order valence-corrected chi connectivity index (χ0v) is 8.98. The maximum atomic E-state index is 4.32. The van der Waals surface area contributed by atoms with Crippen LogP contribution in [0, 0.1) is 0 Å². The highest BCUT2D eigenvalue weighted by molar-refractivity contribution is 5.60. The van der Waals surface area contributed by atoms with Gasteiger partial charge in [0.15, 0.2) is 0 Å². The molecule has 0 fully saturated rings. The van der Waals surface area contributed by atoms with Crippen LogP contribution in [0.5, 0.6) is 0 Å². The van der Waals surface area contributed by atoms with Gasteiger partial charge in [-0.25, -0.2) is 9.97 Å². The van der Waals surface area contributed by atoms with Crippen molar-refractivity contribution in [2.75, 3.05) is 5.32 Å². The Labute approximate surface area is 94.6 Å². The molecule has 0 aliphatic heterocycles. The molecule has 2 aromatic rings. The van der Waals surface area contributed by atoms with Crippen LogP contribution in [-0.2, 0) is 12.8 Å². The number of para-hydroxylation sites is 1. The van der Waals surface area contributed by atoms with Gasteiger partial charge in [-0.3, -0.25) is 0 Å². The summed E-state index contributed by atoms with van der Waals surface area (Å²) in [5.74, 6) is 0.966. The van der Waals surface area contributed by atoms with Crippen LogP contribution in [0.1, 0.15) is 17.7 Å². The number of aryl methyl sites for hydroxylation is 1.